The first-order chi connectivity index (χ1) is 13.5. The van der Waals surface area contributed by atoms with Gasteiger partial charge in [0.1, 0.15) is 5.75 Å². The average Bonchev–Trinajstić information content (AvgIpc) is 2.65. The van der Waals surface area contributed by atoms with E-state index in [-0.39, 0.29) is 35.9 Å². The van der Waals surface area contributed by atoms with Crippen molar-refractivity contribution in [1.29, 1.82) is 0 Å². The van der Waals surface area contributed by atoms with Crippen LogP contribution in [-0.4, -0.2) is 34.0 Å². The predicted molar refractivity (Wildman–Crippen MR) is 115 cm³/mol. The minimum atomic E-state index is -3.62. The van der Waals surface area contributed by atoms with Crippen molar-refractivity contribution >= 4 is 15.9 Å². The van der Waals surface area contributed by atoms with Gasteiger partial charge in [-0.2, -0.15) is 0 Å². The maximum Gasteiger partial charge on any atom is 0.257 e. The number of benzene rings is 2. The molecule has 2 aromatic rings. The molecular weight excluding hydrogens is 388 g/mol. The van der Waals surface area contributed by atoms with E-state index in [1.165, 1.54) is 0 Å². The Hall–Kier alpha value is -2.38. The van der Waals surface area contributed by atoms with Gasteiger partial charge in [0.05, 0.1) is 4.90 Å². The van der Waals surface area contributed by atoms with Gasteiger partial charge in [0, 0.05) is 13.1 Å². The molecule has 6 nitrogen and oxygen atoms in total. The highest BCUT2D eigenvalue weighted by Crippen LogP contribution is 2.23. The van der Waals surface area contributed by atoms with Gasteiger partial charge in [-0.25, -0.2) is 13.1 Å². The standard InChI is InChI=1S/C22H30N2O4S/c1-16-6-9-19(14-17(16)2)28-15-21(25)23-12-13-24-29(26,27)20-10-7-18(8-11-20)22(3,4)5/h6-11,14,24H,12-13,15H2,1-5H3,(H,23,25). The van der Waals surface area contributed by atoms with Crippen molar-refractivity contribution in [3.63, 3.8) is 0 Å². The monoisotopic (exact) mass is 418 g/mol. The van der Waals surface area contributed by atoms with Crippen molar-refractivity contribution in [2.75, 3.05) is 19.7 Å². The molecule has 2 aromatic carbocycles. The summed E-state index contributed by atoms with van der Waals surface area (Å²) in [5.41, 5.74) is 3.27. The summed E-state index contributed by atoms with van der Waals surface area (Å²) < 4.78 is 32.7. The second-order valence-corrected chi connectivity index (χ2v) is 9.82. The molecule has 2 rings (SSSR count). The first-order valence-electron chi connectivity index (χ1n) is 9.56. The zero-order valence-electron chi connectivity index (χ0n) is 17.7. The average molecular weight is 419 g/mol. The van der Waals surface area contributed by atoms with Crippen LogP contribution in [0, 0.1) is 13.8 Å². The van der Waals surface area contributed by atoms with Crippen LogP contribution in [0.5, 0.6) is 5.75 Å². The number of hydrogen-bond acceptors (Lipinski definition) is 4. The molecule has 7 heteroatoms. The molecular formula is C22H30N2O4S. The maximum atomic E-state index is 12.4. The Morgan fingerprint density at radius 1 is 0.966 bits per heavy atom. The minimum absolute atomic E-state index is 0.0423. The van der Waals surface area contributed by atoms with Crippen LogP contribution in [0.3, 0.4) is 0 Å². The summed E-state index contributed by atoms with van der Waals surface area (Å²) in [6.07, 6.45) is 0. The second kappa shape index (κ2) is 9.41. The third-order valence-electron chi connectivity index (χ3n) is 4.62. The summed E-state index contributed by atoms with van der Waals surface area (Å²) >= 11 is 0. The fraction of sp³-hybridized carbons (Fsp3) is 0.409. The minimum Gasteiger partial charge on any atom is -0.484 e. The van der Waals surface area contributed by atoms with Crippen LogP contribution in [0.1, 0.15) is 37.5 Å². The van der Waals surface area contributed by atoms with E-state index in [1.54, 1.807) is 12.1 Å². The van der Waals surface area contributed by atoms with Gasteiger partial charge in [0.15, 0.2) is 6.61 Å². The number of nitrogens with one attached hydrogen (secondary N) is 2. The number of amides is 1. The lowest BCUT2D eigenvalue weighted by Gasteiger charge is -2.19. The molecule has 0 aliphatic rings. The van der Waals surface area contributed by atoms with Crippen molar-refractivity contribution in [3.05, 3.63) is 59.2 Å². The molecule has 0 fully saturated rings. The fourth-order valence-corrected chi connectivity index (χ4v) is 3.64. The normalized spacial score (nSPS) is 11.9. The van der Waals surface area contributed by atoms with Gasteiger partial charge in [0.25, 0.3) is 5.91 Å². The SMILES string of the molecule is Cc1ccc(OCC(=O)NCCNS(=O)(=O)c2ccc(C(C)(C)C)cc2)cc1C. The molecule has 0 saturated carbocycles. The highest BCUT2D eigenvalue weighted by atomic mass is 32.2. The van der Waals surface area contributed by atoms with E-state index in [4.69, 9.17) is 4.74 Å². The van der Waals surface area contributed by atoms with Crippen molar-refractivity contribution in [3.8, 4) is 5.75 Å². The lowest BCUT2D eigenvalue weighted by molar-refractivity contribution is -0.123. The zero-order valence-corrected chi connectivity index (χ0v) is 18.5. The lowest BCUT2D eigenvalue weighted by Crippen LogP contribution is -2.36. The quantitative estimate of drug-likeness (QED) is 0.645. The first-order valence-corrected chi connectivity index (χ1v) is 11.0. The largest absolute Gasteiger partial charge is 0.484 e. The van der Waals surface area contributed by atoms with Crippen LogP contribution in [0.2, 0.25) is 0 Å². The summed E-state index contributed by atoms with van der Waals surface area (Å²) in [5, 5.41) is 2.64. The van der Waals surface area contributed by atoms with E-state index in [0.717, 1.165) is 16.7 Å². The number of aryl methyl sites for hydroxylation is 2. The van der Waals surface area contributed by atoms with Gasteiger partial charge >= 0.3 is 0 Å². The number of rotatable bonds is 8. The van der Waals surface area contributed by atoms with Crippen molar-refractivity contribution in [2.45, 2.75) is 44.9 Å². The van der Waals surface area contributed by atoms with Crippen molar-refractivity contribution in [2.24, 2.45) is 0 Å². The van der Waals surface area contributed by atoms with Gasteiger partial charge in [-0.05, 0) is 60.2 Å². The summed E-state index contributed by atoms with van der Waals surface area (Å²) in [7, 11) is -3.62. The summed E-state index contributed by atoms with van der Waals surface area (Å²) in [4.78, 5) is 12.1. The molecule has 0 aliphatic heterocycles. The molecule has 0 heterocycles. The van der Waals surface area contributed by atoms with Gasteiger partial charge in [-0.1, -0.05) is 39.0 Å². The number of sulfonamides is 1. The molecule has 0 unspecified atom stereocenters. The van der Waals surface area contributed by atoms with Gasteiger partial charge in [-0.3, -0.25) is 4.79 Å². The topological polar surface area (TPSA) is 84.5 Å². The Balaban J connectivity index is 1.77. The van der Waals surface area contributed by atoms with Crippen LogP contribution in [0.25, 0.3) is 0 Å². The highest BCUT2D eigenvalue weighted by Gasteiger charge is 2.17. The summed E-state index contributed by atoms with van der Waals surface area (Å²) in [6, 6.07) is 12.5. The van der Waals surface area contributed by atoms with E-state index < -0.39 is 10.0 Å². The Bertz CT molecular complexity index is 946. The van der Waals surface area contributed by atoms with Crippen molar-refractivity contribution < 1.29 is 17.9 Å². The number of carbonyl (C=O) groups excluding carboxylic acids is 1. The molecule has 0 aromatic heterocycles. The van der Waals surface area contributed by atoms with Crippen LogP contribution >= 0.6 is 0 Å². The van der Waals surface area contributed by atoms with Crippen LogP contribution < -0.4 is 14.8 Å². The van der Waals surface area contributed by atoms with Gasteiger partial charge < -0.3 is 10.1 Å². The van der Waals surface area contributed by atoms with E-state index in [0.29, 0.717) is 5.75 Å². The highest BCUT2D eigenvalue weighted by molar-refractivity contribution is 7.89. The second-order valence-electron chi connectivity index (χ2n) is 8.06. The summed E-state index contributed by atoms with van der Waals surface area (Å²) in [5.74, 6) is 0.319. The molecule has 0 aliphatic carbocycles. The number of carbonyl (C=O) groups is 1. The molecule has 0 saturated heterocycles. The fourth-order valence-electron chi connectivity index (χ4n) is 2.61. The van der Waals surface area contributed by atoms with E-state index in [9.17, 15) is 13.2 Å². The van der Waals surface area contributed by atoms with Crippen molar-refractivity contribution in [1.82, 2.24) is 10.0 Å². The molecule has 29 heavy (non-hydrogen) atoms. The molecule has 0 atom stereocenters. The third-order valence-corrected chi connectivity index (χ3v) is 6.10. The maximum absolute atomic E-state index is 12.4. The Labute approximate surface area is 173 Å². The number of ether oxygens (including phenoxy) is 1. The van der Waals surface area contributed by atoms with Crippen LogP contribution in [0.15, 0.2) is 47.4 Å². The molecule has 1 amide bonds. The Kier molecular flexibility index (Phi) is 7.43. The molecule has 0 spiro atoms. The summed E-state index contributed by atoms with van der Waals surface area (Å²) in [6.45, 7) is 10.3. The zero-order chi connectivity index (χ0) is 21.7. The molecule has 0 bridgehead atoms. The smallest absolute Gasteiger partial charge is 0.257 e. The van der Waals surface area contributed by atoms with E-state index in [2.05, 4.69) is 30.8 Å². The lowest BCUT2D eigenvalue weighted by atomic mass is 9.87. The third kappa shape index (κ3) is 6.87. The Morgan fingerprint density at radius 2 is 1.62 bits per heavy atom. The molecule has 2 N–H and O–H groups in total. The van der Waals surface area contributed by atoms with E-state index in [1.807, 2.05) is 44.2 Å². The molecule has 0 radical (unpaired) electrons. The Morgan fingerprint density at radius 3 is 2.21 bits per heavy atom. The first kappa shape index (κ1) is 22.9. The van der Waals surface area contributed by atoms with Gasteiger partial charge in [0.2, 0.25) is 10.0 Å². The van der Waals surface area contributed by atoms with E-state index >= 15 is 0 Å². The van der Waals surface area contributed by atoms with Crippen LogP contribution in [-0.2, 0) is 20.2 Å². The van der Waals surface area contributed by atoms with Crippen LogP contribution in [0.4, 0.5) is 0 Å². The predicted octanol–water partition coefficient (Wildman–Crippen LogP) is 3.07. The number of hydrogen-bond donors (Lipinski definition) is 2. The molecule has 158 valence electrons. The van der Waals surface area contributed by atoms with Gasteiger partial charge in [-0.15, -0.1) is 0 Å².